The van der Waals surface area contributed by atoms with Gasteiger partial charge in [-0.1, -0.05) is 12.1 Å². The summed E-state index contributed by atoms with van der Waals surface area (Å²) >= 11 is 0. The first kappa shape index (κ1) is 10.2. The third-order valence-corrected chi connectivity index (χ3v) is 2.78. The Morgan fingerprint density at radius 2 is 2.33 bits per heavy atom. The van der Waals surface area contributed by atoms with Gasteiger partial charge in [-0.3, -0.25) is 0 Å². The van der Waals surface area contributed by atoms with E-state index in [0.717, 1.165) is 31.0 Å². The molecule has 0 bridgehead atoms. The van der Waals surface area contributed by atoms with Crippen LogP contribution in [0.3, 0.4) is 0 Å². The van der Waals surface area contributed by atoms with Crippen LogP contribution in [0.1, 0.15) is 37.6 Å². The minimum absolute atomic E-state index is 0.395. The standard InChI is InChI=1S/C11H16N4/c1-2-7-15-11(8-9-3-4-9)10(5-6-12)13-14-15/h9H,2-5,7-8H2,1H3. The molecule has 0 spiro atoms. The highest BCUT2D eigenvalue weighted by molar-refractivity contribution is 5.16. The predicted octanol–water partition coefficient (Wildman–Crippen LogP) is 1.71. The molecule has 1 fully saturated rings. The molecule has 4 nitrogen and oxygen atoms in total. The van der Waals surface area contributed by atoms with E-state index in [1.165, 1.54) is 18.5 Å². The molecule has 0 aromatic carbocycles. The number of aromatic nitrogens is 3. The summed E-state index contributed by atoms with van der Waals surface area (Å²) in [5.41, 5.74) is 2.08. The van der Waals surface area contributed by atoms with E-state index in [9.17, 15) is 0 Å². The molecule has 0 atom stereocenters. The second kappa shape index (κ2) is 4.43. The highest BCUT2D eigenvalue weighted by Gasteiger charge is 2.25. The smallest absolute Gasteiger partial charge is 0.0999 e. The average Bonchev–Trinajstić information content (AvgIpc) is 2.96. The fourth-order valence-corrected chi connectivity index (χ4v) is 1.79. The second-order valence-corrected chi connectivity index (χ2v) is 4.19. The third-order valence-electron chi connectivity index (χ3n) is 2.78. The summed E-state index contributed by atoms with van der Waals surface area (Å²) in [6.45, 7) is 3.05. The number of hydrogen-bond donors (Lipinski definition) is 0. The van der Waals surface area contributed by atoms with E-state index in [4.69, 9.17) is 5.26 Å². The SMILES string of the molecule is CCCn1nnc(CC#N)c1CC1CC1. The van der Waals surface area contributed by atoms with Gasteiger partial charge in [-0.15, -0.1) is 5.10 Å². The van der Waals surface area contributed by atoms with Crippen LogP contribution < -0.4 is 0 Å². The minimum atomic E-state index is 0.395. The van der Waals surface area contributed by atoms with Crippen molar-refractivity contribution in [2.24, 2.45) is 5.92 Å². The number of aryl methyl sites for hydroxylation is 1. The normalized spacial score (nSPS) is 15.2. The Hall–Kier alpha value is -1.37. The monoisotopic (exact) mass is 204 g/mol. The summed E-state index contributed by atoms with van der Waals surface area (Å²) in [5, 5.41) is 16.9. The van der Waals surface area contributed by atoms with Crippen molar-refractivity contribution in [3.05, 3.63) is 11.4 Å². The molecule has 1 heterocycles. The van der Waals surface area contributed by atoms with Crippen LogP contribution in [-0.4, -0.2) is 15.0 Å². The fourth-order valence-electron chi connectivity index (χ4n) is 1.79. The molecule has 1 saturated carbocycles. The Bertz CT molecular complexity index is 370. The molecule has 15 heavy (non-hydrogen) atoms. The maximum absolute atomic E-state index is 8.71. The van der Waals surface area contributed by atoms with Gasteiger partial charge in [-0.05, 0) is 31.6 Å². The van der Waals surface area contributed by atoms with Gasteiger partial charge in [-0.25, -0.2) is 4.68 Å². The first-order chi connectivity index (χ1) is 7.35. The summed E-state index contributed by atoms with van der Waals surface area (Å²) in [6.07, 6.45) is 5.16. The zero-order valence-electron chi connectivity index (χ0n) is 9.11. The lowest BCUT2D eigenvalue weighted by Crippen LogP contribution is -2.06. The van der Waals surface area contributed by atoms with E-state index in [0.29, 0.717) is 6.42 Å². The third kappa shape index (κ3) is 2.35. The lowest BCUT2D eigenvalue weighted by molar-refractivity contribution is 0.547. The average molecular weight is 204 g/mol. The van der Waals surface area contributed by atoms with Crippen molar-refractivity contribution in [1.82, 2.24) is 15.0 Å². The fraction of sp³-hybridized carbons (Fsp3) is 0.727. The topological polar surface area (TPSA) is 54.5 Å². The largest absolute Gasteiger partial charge is 0.249 e. The van der Waals surface area contributed by atoms with Crippen LogP contribution in [0, 0.1) is 17.2 Å². The van der Waals surface area contributed by atoms with Crippen molar-refractivity contribution in [2.45, 2.75) is 45.6 Å². The summed E-state index contributed by atoms with van der Waals surface area (Å²) in [7, 11) is 0. The molecule has 1 aliphatic rings. The molecule has 0 aliphatic heterocycles. The molecule has 2 rings (SSSR count). The van der Waals surface area contributed by atoms with Gasteiger partial charge < -0.3 is 0 Å². The molecule has 1 aromatic heterocycles. The molecular formula is C11H16N4. The summed E-state index contributed by atoms with van der Waals surface area (Å²) in [4.78, 5) is 0. The Morgan fingerprint density at radius 1 is 1.53 bits per heavy atom. The van der Waals surface area contributed by atoms with Gasteiger partial charge in [0.1, 0.15) is 0 Å². The van der Waals surface area contributed by atoms with Crippen LogP contribution in [0.25, 0.3) is 0 Å². The van der Waals surface area contributed by atoms with Gasteiger partial charge in [0.25, 0.3) is 0 Å². The van der Waals surface area contributed by atoms with E-state index in [1.807, 2.05) is 4.68 Å². The minimum Gasteiger partial charge on any atom is -0.249 e. The van der Waals surface area contributed by atoms with Crippen molar-refractivity contribution >= 4 is 0 Å². The van der Waals surface area contributed by atoms with E-state index in [1.54, 1.807) is 0 Å². The number of rotatable bonds is 5. The molecule has 4 heteroatoms. The van der Waals surface area contributed by atoms with Gasteiger partial charge in [0.05, 0.1) is 23.9 Å². The molecule has 1 aromatic rings. The molecule has 0 N–H and O–H groups in total. The van der Waals surface area contributed by atoms with Crippen molar-refractivity contribution in [3.8, 4) is 6.07 Å². The van der Waals surface area contributed by atoms with Gasteiger partial charge in [-0.2, -0.15) is 5.26 Å². The lowest BCUT2D eigenvalue weighted by Gasteiger charge is -2.04. The Labute approximate surface area is 89.9 Å². The molecular weight excluding hydrogens is 188 g/mol. The predicted molar refractivity (Wildman–Crippen MR) is 56.1 cm³/mol. The van der Waals surface area contributed by atoms with Gasteiger partial charge in [0.2, 0.25) is 0 Å². The quantitative estimate of drug-likeness (QED) is 0.733. The van der Waals surface area contributed by atoms with Crippen LogP contribution >= 0.6 is 0 Å². The summed E-state index contributed by atoms with van der Waals surface area (Å²) in [5.74, 6) is 0.816. The van der Waals surface area contributed by atoms with Gasteiger partial charge in [0.15, 0.2) is 0 Å². The number of nitrogens with zero attached hydrogens (tertiary/aromatic N) is 4. The molecule has 0 saturated heterocycles. The zero-order chi connectivity index (χ0) is 10.7. The molecule has 0 amide bonds. The Balaban J connectivity index is 2.17. The highest BCUT2D eigenvalue weighted by Crippen LogP contribution is 2.33. The number of nitriles is 1. The maximum Gasteiger partial charge on any atom is 0.0999 e. The first-order valence-corrected chi connectivity index (χ1v) is 5.63. The van der Waals surface area contributed by atoms with Crippen LogP contribution in [0.15, 0.2) is 0 Å². The van der Waals surface area contributed by atoms with Crippen LogP contribution in [-0.2, 0) is 19.4 Å². The van der Waals surface area contributed by atoms with Gasteiger partial charge in [0, 0.05) is 6.54 Å². The summed E-state index contributed by atoms with van der Waals surface area (Å²) < 4.78 is 1.98. The molecule has 80 valence electrons. The van der Waals surface area contributed by atoms with Crippen molar-refractivity contribution in [3.63, 3.8) is 0 Å². The molecule has 1 aliphatic carbocycles. The lowest BCUT2D eigenvalue weighted by atomic mass is 10.1. The van der Waals surface area contributed by atoms with Crippen molar-refractivity contribution in [2.75, 3.05) is 0 Å². The van der Waals surface area contributed by atoms with E-state index >= 15 is 0 Å². The Morgan fingerprint density at radius 3 is 2.93 bits per heavy atom. The van der Waals surface area contributed by atoms with Crippen LogP contribution in [0.5, 0.6) is 0 Å². The maximum atomic E-state index is 8.71. The van der Waals surface area contributed by atoms with E-state index in [2.05, 4.69) is 23.3 Å². The van der Waals surface area contributed by atoms with E-state index < -0.39 is 0 Å². The number of hydrogen-bond acceptors (Lipinski definition) is 3. The van der Waals surface area contributed by atoms with Crippen LogP contribution in [0.2, 0.25) is 0 Å². The Kier molecular flexibility index (Phi) is 3.00. The van der Waals surface area contributed by atoms with E-state index in [-0.39, 0.29) is 0 Å². The second-order valence-electron chi connectivity index (χ2n) is 4.19. The molecule has 0 unspecified atom stereocenters. The summed E-state index contributed by atoms with van der Waals surface area (Å²) in [6, 6.07) is 2.16. The molecule has 0 radical (unpaired) electrons. The highest BCUT2D eigenvalue weighted by atomic mass is 15.4. The van der Waals surface area contributed by atoms with Crippen LogP contribution in [0.4, 0.5) is 0 Å². The van der Waals surface area contributed by atoms with Gasteiger partial charge >= 0.3 is 0 Å². The van der Waals surface area contributed by atoms with Crippen molar-refractivity contribution < 1.29 is 0 Å². The van der Waals surface area contributed by atoms with Crippen molar-refractivity contribution in [1.29, 1.82) is 5.26 Å². The first-order valence-electron chi connectivity index (χ1n) is 5.63. The zero-order valence-corrected chi connectivity index (χ0v) is 9.11.